The van der Waals surface area contributed by atoms with Gasteiger partial charge in [0.2, 0.25) is 0 Å². The van der Waals surface area contributed by atoms with Crippen molar-refractivity contribution in [1.82, 2.24) is 0 Å². The summed E-state index contributed by atoms with van der Waals surface area (Å²) in [5, 5.41) is 0. The van der Waals surface area contributed by atoms with Gasteiger partial charge in [0.05, 0.1) is 0 Å². The van der Waals surface area contributed by atoms with Crippen molar-refractivity contribution in [3.05, 3.63) is 46.7 Å². The van der Waals surface area contributed by atoms with Gasteiger partial charge in [-0.05, 0) is 63.1 Å². The molecule has 4 nitrogen and oxygen atoms in total. The zero-order valence-corrected chi connectivity index (χ0v) is 16.5. The molecule has 29 heavy (non-hydrogen) atoms. The largest absolute Gasteiger partial charge is 0.462 e. The molecule has 1 saturated carbocycles. The summed E-state index contributed by atoms with van der Waals surface area (Å²) in [5.74, 6) is -3.96. The number of allylic oxidation sites excluding steroid dienone is 2. The summed E-state index contributed by atoms with van der Waals surface area (Å²) < 4.78 is 33.4. The molecule has 1 heterocycles. The second kappa shape index (κ2) is 8.17. The van der Waals surface area contributed by atoms with Crippen molar-refractivity contribution in [2.75, 3.05) is 0 Å². The topological polar surface area (TPSA) is 55.7 Å². The monoisotopic (exact) mass is 401 g/mol. The maximum Gasteiger partial charge on any atom is 0.315 e. The van der Waals surface area contributed by atoms with Gasteiger partial charge in [-0.15, -0.1) is 0 Å². The maximum atomic E-state index is 14.0. The van der Waals surface area contributed by atoms with E-state index in [9.17, 15) is 18.4 Å². The SMILES string of the molecule is CC1=NC2=C(C(=O)CCC2)[C@@H](c2ccc(F)c(F)c2)C1C(=O)OC1CCCCC1. The molecule has 0 bridgehead atoms. The van der Waals surface area contributed by atoms with Crippen molar-refractivity contribution in [1.29, 1.82) is 0 Å². The number of aliphatic imine (C=N–C) groups is 1. The summed E-state index contributed by atoms with van der Waals surface area (Å²) in [6.07, 6.45) is 6.44. The predicted octanol–water partition coefficient (Wildman–Crippen LogP) is 5.02. The Labute approximate surface area is 169 Å². The Morgan fingerprint density at radius 3 is 2.55 bits per heavy atom. The number of ether oxygens (including phenoxy) is 1. The first-order chi connectivity index (χ1) is 14.0. The molecular formula is C23H25F2NO3. The van der Waals surface area contributed by atoms with Gasteiger partial charge < -0.3 is 4.74 Å². The van der Waals surface area contributed by atoms with Crippen LogP contribution in [0.25, 0.3) is 0 Å². The van der Waals surface area contributed by atoms with E-state index in [0.29, 0.717) is 41.8 Å². The van der Waals surface area contributed by atoms with Gasteiger partial charge in [0, 0.05) is 29.3 Å². The smallest absolute Gasteiger partial charge is 0.315 e. The normalized spacial score (nSPS) is 25.5. The molecule has 0 radical (unpaired) electrons. The number of esters is 1. The number of hydrogen-bond acceptors (Lipinski definition) is 4. The minimum absolute atomic E-state index is 0.0762. The van der Waals surface area contributed by atoms with E-state index in [4.69, 9.17) is 4.74 Å². The zero-order chi connectivity index (χ0) is 20.5. The van der Waals surface area contributed by atoms with Crippen molar-refractivity contribution in [3.8, 4) is 0 Å². The van der Waals surface area contributed by atoms with Gasteiger partial charge in [-0.3, -0.25) is 14.6 Å². The summed E-state index contributed by atoms with van der Waals surface area (Å²) in [7, 11) is 0. The van der Waals surface area contributed by atoms with Gasteiger partial charge in [0.25, 0.3) is 0 Å². The maximum absolute atomic E-state index is 14.0. The molecule has 0 amide bonds. The van der Waals surface area contributed by atoms with Crippen LogP contribution in [0.3, 0.4) is 0 Å². The molecule has 0 spiro atoms. The Balaban J connectivity index is 1.74. The van der Waals surface area contributed by atoms with Crippen LogP contribution in [0, 0.1) is 17.6 Å². The third kappa shape index (κ3) is 3.89. The molecule has 3 aliphatic rings. The van der Waals surface area contributed by atoms with Gasteiger partial charge >= 0.3 is 5.97 Å². The first-order valence-electron chi connectivity index (χ1n) is 10.4. The number of Topliss-reactive ketones (excluding diaryl/α,β-unsaturated/α-hetero) is 1. The van der Waals surface area contributed by atoms with Crippen molar-refractivity contribution in [2.45, 2.75) is 70.3 Å². The highest BCUT2D eigenvalue weighted by Crippen LogP contribution is 2.44. The fourth-order valence-electron chi connectivity index (χ4n) is 4.80. The van der Waals surface area contributed by atoms with Crippen molar-refractivity contribution >= 4 is 17.5 Å². The number of rotatable bonds is 3. The molecule has 1 fully saturated rings. The van der Waals surface area contributed by atoms with E-state index >= 15 is 0 Å². The molecule has 2 atom stereocenters. The lowest BCUT2D eigenvalue weighted by atomic mass is 9.71. The van der Waals surface area contributed by atoms with E-state index < -0.39 is 29.4 Å². The Kier molecular flexibility index (Phi) is 5.61. The average Bonchev–Trinajstić information content (AvgIpc) is 2.70. The van der Waals surface area contributed by atoms with Crippen LogP contribution in [0.1, 0.15) is 69.8 Å². The zero-order valence-electron chi connectivity index (χ0n) is 16.5. The Bertz CT molecular complexity index is 899. The highest BCUT2D eigenvalue weighted by molar-refractivity contribution is 6.08. The standard InChI is InChI=1S/C23H25F2NO3/c1-13-20(23(28)29-15-6-3-2-4-7-15)21(14-10-11-16(24)17(25)12-14)22-18(26-13)8-5-9-19(22)27/h10-12,15,20-21H,2-9H2,1H3/t20?,21-/m0/s1. The molecule has 4 rings (SSSR count). The Morgan fingerprint density at radius 2 is 1.83 bits per heavy atom. The van der Waals surface area contributed by atoms with Gasteiger partial charge in [-0.2, -0.15) is 0 Å². The molecular weight excluding hydrogens is 376 g/mol. The van der Waals surface area contributed by atoms with Gasteiger partial charge in [0.1, 0.15) is 12.0 Å². The Hall–Kier alpha value is -2.37. The molecule has 2 aliphatic carbocycles. The minimum atomic E-state index is -0.993. The van der Waals surface area contributed by atoms with Crippen molar-refractivity contribution < 1.29 is 23.1 Å². The molecule has 0 N–H and O–H groups in total. The first kappa shape index (κ1) is 19.9. The van der Waals surface area contributed by atoms with Gasteiger partial charge in [-0.1, -0.05) is 12.5 Å². The molecule has 0 aromatic heterocycles. The molecule has 1 aromatic rings. The third-order valence-corrected chi connectivity index (χ3v) is 6.23. The second-order valence-corrected chi connectivity index (χ2v) is 8.22. The second-order valence-electron chi connectivity index (χ2n) is 8.22. The van der Waals surface area contributed by atoms with E-state index in [1.54, 1.807) is 6.92 Å². The van der Waals surface area contributed by atoms with Crippen LogP contribution in [-0.2, 0) is 14.3 Å². The molecule has 6 heteroatoms. The number of ketones is 1. The first-order valence-corrected chi connectivity index (χ1v) is 10.4. The summed E-state index contributed by atoms with van der Waals surface area (Å²) in [4.78, 5) is 30.5. The van der Waals surface area contributed by atoms with Crippen LogP contribution in [0.15, 0.2) is 34.5 Å². The van der Waals surface area contributed by atoms with E-state index in [2.05, 4.69) is 4.99 Å². The fraction of sp³-hybridized carbons (Fsp3) is 0.522. The third-order valence-electron chi connectivity index (χ3n) is 6.23. The number of carbonyl (C=O) groups excluding carboxylic acids is 2. The lowest BCUT2D eigenvalue weighted by molar-refractivity contribution is -0.153. The lowest BCUT2D eigenvalue weighted by Gasteiger charge is -2.35. The van der Waals surface area contributed by atoms with E-state index in [1.807, 2.05) is 0 Å². The van der Waals surface area contributed by atoms with Crippen molar-refractivity contribution in [3.63, 3.8) is 0 Å². The summed E-state index contributed by atoms with van der Waals surface area (Å²) in [5.41, 5.74) is 2.09. The summed E-state index contributed by atoms with van der Waals surface area (Å²) >= 11 is 0. The highest BCUT2D eigenvalue weighted by Gasteiger charge is 2.44. The molecule has 0 saturated heterocycles. The number of nitrogens with zero attached hydrogens (tertiary/aromatic N) is 1. The minimum Gasteiger partial charge on any atom is -0.462 e. The molecule has 1 aliphatic heterocycles. The van der Waals surface area contributed by atoms with Crippen LogP contribution in [0.5, 0.6) is 0 Å². The molecule has 154 valence electrons. The van der Waals surface area contributed by atoms with Crippen LogP contribution in [-0.4, -0.2) is 23.6 Å². The predicted molar refractivity (Wildman–Crippen MR) is 105 cm³/mol. The van der Waals surface area contributed by atoms with Crippen LogP contribution >= 0.6 is 0 Å². The number of halogens is 2. The van der Waals surface area contributed by atoms with E-state index in [-0.39, 0.29) is 11.9 Å². The molecule has 1 aromatic carbocycles. The van der Waals surface area contributed by atoms with Gasteiger partial charge in [-0.25, -0.2) is 8.78 Å². The number of hydrogen-bond donors (Lipinski definition) is 0. The van der Waals surface area contributed by atoms with Crippen molar-refractivity contribution in [2.24, 2.45) is 10.9 Å². The Morgan fingerprint density at radius 1 is 1.07 bits per heavy atom. The fourth-order valence-corrected chi connectivity index (χ4v) is 4.80. The number of benzene rings is 1. The number of carbonyl (C=O) groups is 2. The van der Waals surface area contributed by atoms with Crippen LogP contribution < -0.4 is 0 Å². The molecule has 1 unspecified atom stereocenters. The van der Waals surface area contributed by atoms with Crippen LogP contribution in [0.4, 0.5) is 8.78 Å². The summed E-state index contributed by atoms with van der Waals surface area (Å²) in [6, 6.07) is 3.59. The van der Waals surface area contributed by atoms with Crippen LogP contribution in [0.2, 0.25) is 0 Å². The quantitative estimate of drug-likeness (QED) is 0.668. The van der Waals surface area contributed by atoms with Gasteiger partial charge in [0.15, 0.2) is 17.4 Å². The summed E-state index contributed by atoms with van der Waals surface area (Å²) in [6.45, 7) is 1.75. The van der Waals surface area contributed by atoms with E-state index in [1.165, 1.54) is 6.07 Å². The lowest BCUT2D eigenvalue weighted by Crippen LogP contribution is -2.39. The highest BCUT2D eigenvalue weighted by atomic mass is 19.2. The van der Waals surface area contributed by atoms with E-state index in [0.717, 1.165) is 44.2 Å². The average molecular weight is 401 g/mol.